The van der Waals surface area contributed by atoms with Crippen LogP contribution in [0.25, 0.3) is 12.2 Å². The lowest BCUT2D eigenvalue weighted by Crippen LogP contribution is -2.36. The Morgan fingerprint density at radius 2 is 0.840 bits per heavy atom. The highest BCUT2D eigenvalue weighted by molar-refractivity contribution is 5.87. The average molecular weight is 1080 g/mol. The van der Waals surface area contributed by atoms with Crippen molar-refractivity contribution in [3.8, 4) is 23.0 Å². The fourth-order valence-electron chi connectivity index (χ4n) is 6.43. The molecule has 0 aromatic heterocycles. The lowest BCUT2D eigenvalue weighted by molar-refractivity contribution is -0.284. The number of rotatable bonds is 25. The molecule has 5 aromatic carbocycles. The maximum atomic E-state index is 15.0. The molecule has 5 rings (SSSR count). The zero-order valence-electron chi connectivity index (χ0n) is 38.7. The highest BCUT2D eigenvalue weighted by Gasteiger charge is 2.57. The van der Waals surface area contributed by atoms with Crippen molar-refractivity contribution in [2.24, 2.45) is 0 Å². The van der Waals surface area contributed by atoms with E-state index in [1.165, 1.54) is 54.6 Å². The standard InChI is InChI=1S/C51H44F14N2O8/c52-46(53,50(60,61)62)25-1-27-70-38-14-18-40(19-15-38)74-48(56,57)35-9-3-32(4-10-35)7-23-44(68)72-30-34(42-22-13-37(66)29-43(42)67)31-73-45(69)24-8-33-5-11-36(12-6-33)49(58,59)75-41-20-16-39(17-21-41)71-28-2-26-47(54,55)51(63,64)65/h3-24,29,34H,1-2,25-28,30-31,66-67H2/b23-7+,24-8+. The van der Waals surface area contributed by atoms with Crippen LogP contribution in [-0.2, 0) is 31.3 Å². The first kappa shape index (κ1) is 58.2. The van der Waals surface area contributed by atoms with Gasteiger partial charge in [-0.2, -0.15) is 61.5 Å². The Kier molecular flexibility index (Phi) is 19.1. The van der Waals surface area contributed by atoms with Gasteiger partial charge in [0.15, 0.2) is 0 Å². The molecule has 0 saturated heterocycles. The molecule has 0 unspecified atom stereocenters. The normalized spacial score (nSPS) is 12.8. The van der Waals surface area contributed by atoms with Gasteiger partial charge in [-0.1, -0.05) is 30.3 Å². The summed E-state index contributed by atoms with van der Waals surface area (Å²) in [4.78, 5) is 25.5. The summed E-state index contributed by atoms with van der Waals surface area (Å²) < 4.78 is 217. The SMILES string of the molecule is Nc1ccc(C(COC(=O)/C=C/c2ccc(C(F)(F)Oc3ccc(OCCCC(F)(F)C(F)(F)F)cc3)cc2)COC(=O)/C=C/c2ccc(C(F)(F)Oc3ccc(OCCCC(F)(F)C(F)(F)F)cc3)cc2)c(N)c1. The Hall–Kier alpha value is -7.66. The molecular formula is C51H44F14N2O8. The van der Waals surface area contributed by atoms with E-state index in [9.17, 15) is 53.5 Å². The van der Waals surface area contributed by atoms with E-state index in [2.05, 4.69) is 0 Å². The van der Waals surface area contributed by atoms with Crippen molar-refractivity contribution in [2.75, 3.05) is 37.9 Å². The first-order valence-electron chi connectivity index (χ1n) is 22.1. The van der Waals surface area contributed by atoms with Gasteiger partial charge in [-0.25, -0.2) is 9.59 Å². The molecular weight excluding hydrogens is 1030 g/mol. The Bertz CT molecular complexity index is 2550. The summed E-state index contributed by atoms with van der Waals surface area (Å²) in [5.41, 5.74) is 12.3. The van der Waals surface area contributed by atoms with Crippen LogP contribution < -0.4 is 30.4 Å². The van der Waals surface area contributed by atoms with Crippen molar-refractivity contribution in [1.29, 1.82) is 0 Å². The quantitative estimate of drug-likeness (QED) is 0.0191. The first-order chi connectivity index (χ1) is 35.0. The number of anilines is 2. The Labute approximate surface area is 418 Å². The number of nitrogens with two attached hydrogens (primary N) is 2. The molecule has 0 fully saturated rings. The third-order valence-corrected chi connectivity index (χ3v) is 10.5. The van der Waals surface area contributed by atoms with Gasteiger partial charge in [0.2, 0.25) is 0 Å². The average Bonchev–Trinajstić information content (AvgIpc) is 3.33. The fourth-order valence-corrected chi connectivity index (χ4v) is 6.43. The van der Waals surface area contributed by atoms with Crippen LogP contribution in [0.15, 0.2) is 127 Å². The van der Waals surface area contributed by atoms with Crippen molar-refractivity contribution >= 4 is 35.5 Å². The van der Waals surface area contributed by atoms with E-state index >= 15 is 17.6 Å². The van der Waals surface area contributed by atoms with Crippen LogP contribution in [0.4, 0.5) is 72.8 Å². The van der Waals surface area contributed by atoms with Gasteiger partial charge in [-0.05, 0) is 127 Å². The van der Waals surface area contributed by atoms with E-state index in [0.717, 1.165) is 84.9 Å². The molecule has 0 spiro atoms. The van der Waals surface area contributed by atoms with Crippen molar-refractivity contribution in [3.05, 3.63) is 155 Å². The zero-order valence-corrected chi connectivity index (χ0v) is 38.7. The number of ether oxygens (including phenoxy) is 6. The number of esters is 2. The molecule has 5 aromatic rings. The van der Waals surface area contributed by atoms with E-state index in [4.69, 9.17) is 39.9 Å². The molecule has 0 saturated carbocycles. The fraction of sp³-hybridized carbons (Fsp3) is 0.294. The molecule has 0 bridgehead atoms. The van der Waals surface area contributed by atoms with E-state index < -0.39 is 104 Å². The third-order valence-electron chi connectivity index (χ3n) is 10.5. The second kappa shape index (κ2) is 24.6. The van der Waals surface area contributed by atoms with E-state index in [0.29, 0.717) is 11.3 Å². The highest BCUT2D eigenvalue weighted by atomic mass is 19.4. The molecule has 0 aliphatic carbocycles. The molecule has 10 nitrogen and oxygen atoms in total. The van der Waals surface area contributed by atoms with Crippen LogP contribution in [0.1, 0.15) is 59.4 Å². The summed E-state index contributed by atoms with van der Waals surface area (Å²) in [6.07, 6.45) is -18.9. The summed E-state index contributed by atoms with van der Waals surface area (Å²) in [5.74, 6) is -13.0. The van der Waals surface area contributed by atoms with Crippen molar-refractivity contribution in [3.63, 3.8) is 0 Å². The number of nitrogen functional groups attached to an aromatic ring is 2. The van der Waals surface area contributed by atoms with E-state index in [-0.39, 0.29) is 53.0 Å². The predicted octanol–water partition coefficient (Wildman–Crippen LogP) is 13.4. The van der Waals surface area contributed by atoms with E-state index in [1.54, 1.807) is 0 Å². The van der Waals surface area contributed by atoms with Crippen molar-refractivity contribution in [1.82, 2.24) is 0 Å². The molecule has 0 amide bonds. The molecule has 75 heavy (non-hydrogen) atoms. The summed E-state index contributed by atoms with van der Waals surface area (Å²) in [6, 6.07) is 22.5. The number of hydrogen-bond donors (Lipinski definition) is 2. The monoisotopic (exact) mass is 1080 g/mol. The summed E-state index contributed by atoms with van der Waals surface area (Å²) in [6.45, 7) is -1.74. The minimum absolute atomic E-state index is 0.00839. The van der Waals surface area contributed by atoms with Crippen LogP contribution in [0, 0.1) is 0 Å². The molecule has 0 heterocycles. The zero-order chi connectivity index (χ0) is 55.2. The van der Waals surface area contributed by atoms with Gasteiger partial charge in [0.05, 0.1) is 30.3 Å². The van der Waals surface area contributed by atoms with Gasteiger partial charge in [-0.15, -0.1) is 0 Å². The first-order valence-corrected chi connectivity index (χ1v) is 22.1. The smallest absolute Gasteiger partial charge is 0.453 e. The summed E-state index contributed by atoms with van der Waals surface area (Å²) in [7, 11) is 0. The largest absolute Gasteiger partial charge is 0.494 e. The highest BCUT2D eigenvalue weighted by Crippen LogP contribution is 2.41. The van der Waals surface area contributed by atoms with Gasteiger partial charge < -0.3 is 39.9 Å². The van der Waals surface area contributed by atoms with Gasteiger partial charge in [0.1, 0.15) is 36.2 Å². The van der Waals surface area contributed by atoms with Gasteiger partial charge in [-0.3, -0.25) is 0 Å². The molecule has 0 aliphatic heterocycles. The summed E-state index contributed by atoms with van der Waals surface area (Å²) in [5, 5.41) is 0. The number of hydrogen-bond acceptors (Lipinski definition) is 10. The lowest BCUT2D eigenvalue weighted by Gasteiger charge is -2.19. The Balaban J connectivity index is 1.09. The Morgan fingerprint density at radius 3 is 1.19 bits per heavy atom. The second-order valence-electron chi connectivity index (χ2n) is 16.2. The molecule has 0 radical (unpaired) electrons. The lowest BCUT2D eigenvalue weighted by atomic mass is 9.98. The molecule has 24 heteroatoms. The maximum absolute atomic E-state index is 15.0. The third kappa shape index (κ3) is 17.5. The molecule has 0 aliphatic rings. The van der Waals surface area contributed by atoms with Crippen LogP contribution in [0.2, 0.25) is 0 Å². The topological polar surface area (TPSA) is 142 Å². The van der Waals surface area contributed by atoms with Gasteiger partial charge >= 0.3 is 48.4 Å². The number of carbonyl (C=O) groups is 2. The van der Waals surface area contributed by atoms with Crippen molar-refractivity contribution < 1.29 is 99.5 Å². The van der Waals surface area contributed by atoms with Crippen LogP contribution >= 0.6 is 0 Å². The van der Waals surface area contributed by atoms with Gasteiger partial charge in [0.25, 0.3) is 0 Å². The van der Waals surface area contributed by atoms with E-state index in [1.807, 2.05) is 0 Å². The maximum Gasteiger partial charge on any atom is 0.453 e. The summed E-state index contributed by atoms with van der Waals surface area (Å²) >= 11 is 0. The van der Waals surface area contributed by atoms with Crippen LogP contribution in [0.5, 0.6) is 23.0 Å². The molecule has 404 valence electrons. The number of alkyl halides is 14. The Morgan fingerprint density at radius 1 is 0.480 bits per heavy atom. The number of carbonyl (C=O) groups excluding carboxylic acids is 2. The minimum atomic E-state index is -5.70. The molecule has 4 N–H and O–H groups in total. The second-order valence-corrected chi connectivity index (χ2v) is 16.2. The van der Waals surface area contributed by atoms with Gasteiger partial charge in [0, 0.05) is 36.4 Å². The van der Waals surface area contributed by atoms with Crippen LogP contribution in [0.3, 0.4) is 0 Å². The molecule has 0 atom stereocenters. The number of halogens is 14. The minimum Gasteiger partial charge on any atom is -0.494 e. The number of benzene rings is 5. The van der Waals surface area contributed by atoms with Crippen molar-refractivity contribution in [2.45, 2.75) is 68.0 Å². The predicted molar refractivity (Wildman–Crippen MR) is 244 cm³/mol. The van der Waals surface area contributed by atoms with Crippen LogP contribution in [-0.4, -0.2) is 62.6 Å².